The van der Waals surface area contributed by atoms with Crippen molar-refractivity contribution in [3.05, 3.63) is 72.0 Å². The van der Waals surface area contributed by atoms with E-state index in [1.165, 1.54) is 7.11 Å². The number of carbonyl (C=O) groups excluding carboxylic acids is 1. The normalized spacial score (nSPS) is 17.4. The van der Waals surface area contributed by atoms with Crippen LogP contribution in [0.25, 0.3) is 11.1 Å². The molecule has 6 heteroatoms. The lowest BCUT2D eigenvalue weighted by Gasteiger charge is -2.10. The molecule has 0 aliphatic heterocycles. The van der Waals surface area contributed by atoms with Gasteiger partial charge in [-0.05, 0) is 42.3 Å². The van der Waals surface area contributed by atoms with E-state index >= 15 is 0 Å². The highest BCUT2D eigenvalue weighted by molar-refractivity contribution is 6.32. The molecule has 0 amide bonds. The predicted molar refractivity (Wildman–Crippen MR) is 110 cm³/mol. The van der Waals surface area contributed by atoms with Crippen LogP contribution in [0.4, 0.5) is 0 Å². The van der Waals surface area contributed by atoms with Crippen LogP contribution < -0.4 is 9.47 Å². The van der Waals surface area contributed by atoms with Crippen molar-refractivity contribution in [3.8, 4) is 28.4 Å². The SMILES string of the molecule is COC(=O)C1CC1COc1ccc(-c2cc(Oc3ccccc3)cnc2Cl)cc1. The zero-order chi connectivity index (χ0) is 20.2. The summed E-state index contributed by atoms with van der Waals surface area (Å²) in [4.78, 5) is 15.7. The average molecular weight is 410 g/mol. The number of ether oxygens (including phenoxy) is 3. The van der Waals surface area contributed by atoms with Crippen molar-refractivity contribution in [1.29, 1.82) is 0 Å². The van der Waals surface area contributed by atoms with Gasteiger partial charge in [-0.25, -0.2) is 4.98 Å². The van der Waals surface area contributed by atoms with Gasteiger partial charge in [0, 0.05) is 11.5 Å². The van der Waals surface area contributed by atoms with Crippen LogP contribution in [0.1, 0.15) is 6.42 Å². The highest BCUT2D eigenvalue weighted by atomic mass is 35.5. The molecule has 1 aliphatic carbocycles. The number of hydrogen-bond acceptors (Lipinski definition) is 5. The van der Waals surface area contributed by atoms with E-state index in [1.54, 1.807) is 6.20 Å². The topological polar surface area (TPSA) is 57.7 Å². The molecular formula is C23H20ClNO4. The third-order valence-corrected chi connectivity index (χ3v) is 5.15. The summed E-state index contributed by atoms with van der Waals surface area (Å²) < 4.78 is 16.4. The molecule has 0 N–H and O–H groups in total. The Hall–Kier alpha value is -3.05. The Morgan fingerprint density at radius 1 is 1.07 bits per heavy atom. The van der Waals surface area contributed by atoms with Gasteiger partial charge in [0.25, 0.3) is 0 Å². The average Bonchev–Trinajstić information content (AvgIpc) is 3.54. The van der Waals surface area contributed by atoms with Gasteiger partial charge in [-0.15, -0.1) is 0 Å². The van der Waals surface area contributed by atoms with E-state index < -0.39 is 0 Å². The van der Waals surface area contributed by atoms with Crippen LogP contribution in [0.3, 0.4) is 0 Å². The predicted octanol–water partition coefficient (Wildman–Crippen LogP) is 5.38. The first-order valence-electron chi connectivity index (χ1n) is 9.33. The van der Waals surface area contributed by atoms with Crippen molar-refractivity contribution in [3.63, 3.8) is 0 Å². The number of aromatic nitrogens is 1. The molecule has 1 aliphatic rings. The second-order valence-corrected chi connectivity index (χ2v) is 7.24. The van der Waals surface area contributed by atoms with E-state index in [0.717, 1.165) is 29.0 Å². The smallest absolute Gasteiger partial charge is 0.309 e. The van der Waals surface area contributed by atoms with Gasteiger partial charge in [0.2, 0.25) is 0 Å². The first kappa shape index (κ1) is 19.3. The molecular weight excluding hydrogens is 390 g/mol. The van der Waals surface area contributed by atoms with E-state index in [4.69, 9.17) is 25.8 Å². The monoisotopic (exact) mass is 409 g/mol. The maximum atomic E-state index is 11.5. The minimum Gasteiger partial charge on any atom is -0.493 e. The van der Waals surface area contributed by atoms with Crippen LogP contribution >= 0.6 is 11.6 Å². The molecule has 2 unspecified atom stereocenters. The zero-order valence-corrected chi connectivity index (χ0v) is 16.6. The lowest BCUT2D eigenvalue weighted by atomic mass is 10.1. The fraction of sp³-hybridized carbons (Fsp3) is 0.217. The number of para-hydroxylation sites is 1. The van der Waals surface area contributed by atoms with Gasteiger partial charge in [-0.2, -0.15) is 0 Å². The molecule has 1 fully saturated rings. The summed E-state index contributed by atoms with van der Waals surface area (Å²) in [7, 11) is 1.41. The molecule has 1 aromatic heterocycles. The Morgan fingerprint density at radius 3 is 2.55 bits per heavy atom. The Balaban J connectivity index is 1.42. The fourth-order valence-corrected chi connectivity index (χ4v) is 3.33. The van der Waals surface area contributed by atoms with Crippen molar-refractivity contribution in [2.24, 2.45) is 11.8 Å². The highest BCUT2D eigenvalue weighted by Gasteiger charge is 2.44. The molecule has 4 rings (SSSR count). The van der Waals surface area contributed by atoms with Crippen molar-refractivity contribution in [2.75, 3.05) is 13.7 Å². The second kappa shape index (κ2) is 8.53. The highest BCUT2D eigenvalue weighted by Crippen LogP contribution is 2.40. The summed E-state index contributed by atoms with van der Waals surface area (Å²) in [5.41, 5.74) is 1.69. The Labute approximate surface area is 174 Å². The largest absolute Gasteiger partial charge is 0.493 e. The molecule has 148 valence electrons. The third kappa shape index (κ3) is 4.69. The van der Waals surface area contributed by atoms with E-state index in [9.17, 15) is 4.79 Å². The standard InChI is InChI=1S/C23H20ClNO4/c1-27-23(26)21-11-16(21)14-28-17-9-7-15(8-10-17)20-12-19(13-25-22(20)24)29-18-5-3-2-4-6-18/h2-10,12-13,16,21H,11,14H2,1H3. The molecule has 5 nitrogen and oxygen atoms in total. The Morgan fingerprint density at radius 2 is 1.83 bits per heavy atom. The van der Waals surface area contributed by atoms with E-state index in [1.807, 2.05) is 60.7 Å². The van der Waals surface area contributed by atoms with Crippen LogP contribution in [0.2, 0.25) is 5.15 Å². The zero-order valence-electron chi connectivity index (χ0n) is 15.9. The van der Waals surface area contributed by atoms with Gasteiger partial charge in [-0.3, -0.25) is 4.79 Å². The minimum absolute atomic E-state index is 0.0310. The molecule has 0 bridgehead atoms. The number of methoxy groups -OCH3 is 1. The lowest BCUT2D eigenvalue weighted by molar-refractivity contribution is -0.142. The van der Waals surface area contributed by atoms with Crippen molar-refractivity contribution in [2.45, 2.75) is 6.42 Å². The molecule has 2 aromatic carbocycles. The van der Waals surface area contributed by atoms with Crippen molar-refractivity contribution < 1.29 is 19.0 Å². The molecule has 2 atom stereocenters. The van der Waals surface area contributed by atoms with Gasteiger partial charge in [0.1, 0.15) is 22.4 Å². The molecule has 0 radical (unpaired) electrons. The number of rotatable bonds is 7. The number of benzene rings is 2. The van der Waals surface area contributed by atoms with Crippen molar-refractivity contribution >= 4 is 17.6 Å². The fourth-order valence-electron chi connectivity index (χ4n) is 3.12. The summed E-state index contributed by atoms with van der Waals surface area (Å²) in [5, 5.41) is 0.401. The van der Waals surface area contributed by atoms with Gasteiger partial charge < -0.3 is 14.2 Å². The van der Waals surface area contributed by atoms with Crippen LogP contribution in [-0.2, 0) is 9.53 Å². The van der Waals surface area contributed by atoms with Crippen molar-refractivity contribution in [1.82, 2.24) is 4.98 Å². The minimum atomic E-state index is -0.159. The van der Waals surface area contributed by atoms with Crippen LogP contribution in [0, 0.1) is 11.8 Å². The number of esters is 1. The van der Waals surface area contributed by atoms with Gasteiger partial charge >= 0.3 is 5.97 Å². The van der Waals surface area contributed by atoms with E-state index in [-0.39, 0.29) is 17.8 Å². The number of carbonyl (C=O) groups is 1. The van der Waals surface area contributed by atoms with Gasteiger partial charge in [0.05, 0.1) is 25.8 Å². The summed E-state index contributed by atoms with van der Waals surface area (Å²) in [5.74, 6) is 2.12. The molecule has 29 heavy (non-hydrogen) atoms. The molecule has 1 heterocycles. The molecule has 3 aromatic rings. The molecule has 0 spiro atoms. The summed E-state index contributed by atoms with van der Waals surface area (Å²) in [6.45, 7) is 0.502. The first-order valence-corrected chi connectivity index (χ1v) is 9.71. The van der Waals surface area contributed by atoms with Gasteiger partial charge in [-0.1, -0.05) is 41.9 Å². The number of halogens is 1. The summed E-state index contributed by atoms with van der Waals surface area (Å²) in [6, 6.07) is 19.0. The second-order valence-electron chi connectivity index (χ2n) is 6.89. The maximum Gasteiger partial charge on any atom is 0.309 e. The van der Waals surface area contributed by atoms with E-state index in [0.29, 0.717) is 17.5 Å². The van der Waals surface area contributed by atoms with Crippen LogP contribution in [0.15, 0.2) is 66.9 Å². The Bertz CT molecular complexity index is 992. The quantitative estimate of drug-likeness (QED) is 0.387. The van der Waals surface area contributed by atoms with E-state index in [2.05, 4.69) is 4.98 Å². The first-order chi connectivity index (χ1) is 14.1. The summed E-state index contributed by atoms with van der Waals surface area (Å²) in [6.07, 6.45) is 2.42. The van der Waals surface area contributed by atoms with Crippen LogP contribution in [0.5, 0.6) is 17.2 Å². The number of nitrogens with zero attached hydrogens (tertiary/aromatic N) is 1. The maximum absolute atomic E-state index is 11.5. The molecule has 0 saturated heterocycles. The number of hydrogen-bond donors (Lipinski definition) is 0. The van der Waals surface area contributed by atoms with Crippen LogP contribution in [-0.4, -0.2) is 24.7 Å². The van der Waals surface area contributed by atoms with Gasteiger partial charge in [0.15, 0.2) is 0 Å². The third-order valence-electron chi connectivity index (χ3n) is 4.85. The summed E-state index contributed by atoms with van der Waals surface area (Å²) >= 11 is 6.30. The lowest BCUT2D eigenvalue weighted by Crippen LogP contribution is -2.08. The Kier molecular flexibility index (Phi) is 5.67. The number of pyridine rings is 1. The molecule has 1 saturated carbocycles.